The first kappa shape index (κ1) is 27.9. The van der Waals surface area contributed by atoms with E-state index in [0.717, 1.165) is 29.1 Å². The van der Waals surface area contributed by atoms with Gasteiger partial charge in [0, 0.05) is 43.6 Å². The molecule has 39 heavy (non-hydrogen) atoms. The molecule has 4 rings (SSSR count). The summed E-state index contributed by atoms with van der Waals surface area (Å²) >= 11 is 0. The van der Waals surface area contributed by atoms with Crippen molar-refractivity contribution in [1.82, 2.24) is 4.90 Å². The number of alkyl halides is 3. The molecular formula is C30H32F3N3O3. The van der Waals surface area contributed by atoms with E-state index in [0.29, 0.717) is 37.6 Å². The molecule has 0 bridgehead atoms. The molecule has 1 atom stereocenters. The van der Waals surface area contributed by atoms with Crippen molar-refractivity contribution in [2.24, 2.45) is 0 Å². The Morgan fingerprint density at radius 3 is 2.36 bits per heavy atom. The molecule has 1 saturated heterocycles. The molecule has 1 unspecified atom stereocenters. The number of hydrogen-bond acceptors (Lipinski definition) is 5. The molecule has 0 radical (unpaired) electrons. The highest BCUT2D eigenvalue weighted by atomic mass is 19.4. The third-order valence-corrected chi connectivity index (χ3v) is 7.02. The minimum atomic E-state index is -4.55. The molecule has 0 spiro atoms. The van der Waals surface area contributed by atoms with Gasteiger partial charge in [-0.1, -0.05) is 43.0 Å². The highest BCUT2D eigenvalue weighted by molar-refractivity contribution is 5.70. The standard InChI is InChI=1S/C30H32F3N3O3/c1-21-8-4-5-13-27(21)28(20-29(37)38)36(25-11-6-9-23(18-25)30(31,32)33)22(2)34-14-16-35(17-15-34)24-10-7-12-26(19-24)39-3/h4-13,18-19,28H,2,14-17,20H2,1,3H3,(H,37,38). The number of hydrogen-bond donors (Lipinski definition) is 1. The number of anilines is 2. The van der Waals surface area contributed by atoms with Crippen LogP contribution in [-0.4, -0.2) is 49.3 Å². The zero-order chi connectivity index (χ0) is 28.2. The molecule has 0 saturated carbocycles. The number of rotatable bonds is 9. The average Bonchev–Trinajstić information content (AvgIpc) is 2.92. The first-order valence-corrected chi connectivity index (χ1v) is 12.6. The Morgan fingerprint density at radius 1 is 1.03 bits per heavy atom. The normalized spacial score (nSPS) is 14.6. The van der Waals surface area contributed by atoms with E-state index in [2.05, 4.69) is 11.5 Å². The zero-order valence-electron chi connectivity index (χ0n) is 22.0. The Hall–Kier alpha value is -4.14. The molecule has 0 aliphatic carbocycles. The molecular weight excluding hydrogens is 507 g/mol. The van der Waals surface area contributed by atoms with Crippen molar-refractivity contribution in [1.29, 1.82) is 0 Å². The fourth-order valence-corrected chi connectivity index (χ4v) is 4.99. The molecule has 1 heterocycles. The predicted octanol–water partition coefficient (Wildman–Crippen LogP) is 6.34. The SMILES string of the molecule is C=C(N1CCN(c2cccc(OC)c2)CC1)N(c1cccc(C(F)(F)F)c1)C(CC(=O)O)c1ccccc1C. The number of methoxy groups -OCH3 is 1. The van der Waals surface area contributed by atoms with Gasteiger partial charge in [0.15, 0.2) is 0 Å². The van der Waals surface area contributed by atoms with Crippen LogP contribution in [0.4, 0.5) is 24.5 Å². The van der Waals surface area contributed by atoms with Crippen LogP contribution < -0.4 is 14.5 Å². The van der Waals surface area contributed by atoms with E-state index in [9.17, 15) is 23.1 Å². The Bertz CT molecular complexity index is 1320. The quantitative estimate of drug-likeness (QED) is 0.343. The van der Waals surface area contributed by atoms with Gasteiger partial charge in [-0.3, -0.25) is 4.79 Å². The van der Waals surface area contributed by atoms with Gasteiger partial charge in [-0.05, 0) is 48.4 Å². The van der Waals surface area contributed by atoms with E-state index in [-0.39, 0.29) is 12.1 Å². The molecule has 3 aromatic rings. The smallest absolute Gasteiger partial charge is 0.416 e. The largest absolute Gasteiger partial charge is 0.497 e. The van der Waals surface area contributed by atoms with Crippen LogP contribution in [0.25, 0.3) is 0 Å². The van der Waals surface area contributed by atoms with Crippen LogP contribution in [0.1, 0.15) is 29.2 Å². The van der Waals surface area contributed by atoms with E-state index in [1.54, 1.807) is 24.1 Å². The van der Waals surface area contributed by atoms with E-state index in [1.165, 1.54) is 6.07 Å². The van der Waals surface area contributed by atoms with Crippen LogP contribution in [0.15, 0.2) is 85.2 Å². The number of ether oxygens (including phenoxy) is 1. The fraction of sp³-hybridized carbons (Fsp3) is 0.300. The molecule has 1 N–H and O–H groups in total. The molecule has 0 aromatic heterocycles. The highest BCUT2D eigenvalue weighted by Crippen LogP contribution is 2.39. The summed E-state index contributed by atoms with van der Waals surface area (Å²) in [5.41, 5.74) is 2.00. The molecule has 1 fully saturated rings. The number of piperazine rings is 1. The summed E-state index contributed by atoms with van der Waals surface area (Å²) in [5.74, 6) is 0.148. The molecule has 206 valence electrons. The lowest BCUT2D eigenvalue weighted by Gasteiger charge is -2.44. The highest BCUT2D eigenvalue weighted by Gasteiger charge is 2.34. The summed E-state index contributed by atoms with van der Waals surface area (Å²) < 4.78 is 46.4. The first-order chi connectivity index (χ1) is 18.6. The lowest BCUT2D eigenvalue weighted by atomic mass is 9.96. The van der Waals surface area contributed by atoms with Crippen molar-refractivity contribution in [2.75, 3.05) is 43.1 Å². The zero-order valence-corrected chi connectivity index (χ0v) is 22.0. The second-order valence-corrected chi connectivity index (χ2v) is 9.48. The third kappa shape index (κ3) is 6.47. The van der Waals surface area contributed by atoms with Gasteiger partial charge in [-0.2, -0.15) is 13.2 Å². The van der Waals surface area contributed by atoms with Gasteiger partial charge in [0.2, 0.25) is 0 Å². The van der Waals surface area contributed by atoms with Gasteiger partial charge < -0.3 is 24.5 Å². The van der Waals surface area contributed by atoms with Crippen molar-refractivity contribution < 1.29 is 27.8 Å². The maximum atomic E-state index is 13.7. The summed E-state index contributed by atoms with van der Waals surface area (Å²) in [7, 11) is 1.62. The number of aryl methyl sites for hydroxylation is 1. The van der Waals surface area contributed by atoms with Crippen molar-refractivity contribution in [2.45, 2.75) is 25.6 Å². The van der Waals surface area contributed by atoms with Gasteiger partial charge >= 0.3 is 12.1 Å². The Balaban J connectivity index is 1.69. The van der Waals surface area contributed by atoms with E-state index >= 15 is 0 Å². The second-order valence-electron chi connectivity index (χ2n) is 9.48. The number of halogens is 3. The van der Waals surface area contributed by atoms with Gasteiger partial charge in [0.05, 0.1) is 25.1 Å². The third-order valence-electron chi connectivity index (χ3n) is 7.02. The van der Waals surface area contributed by atoms with Crippen LogP contribution in [0.5, 0.6) is 5.75 Å². The molecule has 1 aliphatic rings. The fourth-order valence-electron chi connectivity index (χ4n) is 4.99. The number of carboxylic acids is 1. The van der Waals surface area contributed by atoms with Crippen LogP contribution in [0, 0.1) is 6.92 Å². The van der Waals surface area contributed by atoms with Crippen LogP contribution in [0.2, 0.25) is 0 Å². The molecule has 9 heteroatoms. The number of nitrogens with zero attached hydrogens (tertiary/aromatic N) is 3. The number of aliphatic carboxylic acids is 1. The van der Waals surface area contributed by atoms with Gasteiger partial charge in [-0.15, -0.1) is 0 Å². The summed E-state index contributed by atoms with van der Waals surface area (Å²) in [6.07, 6.45) is -4.86. The monoisotopic (exact) mass is 539 g/mol. The lowest BCUT2D eigenvalue weighted by molar-refractivity contribution is -0.138. The van der Waals surface area contributed by atoms with Crippen LogP contribution in [0.3, 0.4) is 0 Å². The number of carbonyl (C=O) groups is 1. The van der Waals surface area contributed by atoms with Crippen molar-refractivity contribution in [3.8, 4) is 5.75 Å². The predicted molar refractivity (Wildman–Crippen MR) is 146 cm³/mol. The number of benzene rings is 3. The van der Waals surface area contributed by atoms with Gasteiger partial charge in [0.25, 0.3) is 0 Å². The van der Waals surface area contributed by atoms with E-state index < -0.39 is 23.8 Å². The Morgan fingerprint density at radius 2 is 1.72 bits per heavy atom. The molecule has 3 aromatic carbocycles. The summed E-state index contributed by atoms with van der Waals surface area (Å²) in [6, 6.07) is 19.3. The second kappa shape index (κ2) is 11.7. The van der Waals surface area contributed by atoms with Gasteiger partial charge in [-0.25, -0.2) is 0 Å². The van der Waals surface area contributed by atoms with E-state index in [4.69, 9.17) is 4.74 Å². The molecule has 1 aliphatic heterocycles. The van der Waals surface area contributed by atoms with Crippen LogP contribution >= 0.6 is 0 Å². The Labute approximate surface area is 226 Å². The minimum Gasteiger partial charge on any atom is -0.497 e. The molecule has 6 nitrogen and oxygen atoms in total. The lowest BCUT2D eigenvalue weighted by Crippen LogP contribution is -2.49. The maximum absolute atomic E-state index is 13.7. The van der Waals surface area contributed by atoms with Crippen molar-refractivity contribution >= 4 is 17.3 Å². The van der Waals surface area contributed by atoms with E-state index in [1.807, 2.05) is 54.3 Å². The Kier molecular flexibility index (Phi) is 8.38. The summed E-state index contributed by atoms with van der Waals surface area (Å²) in [4.78, 5) is 17.9. The van der Waals surface area contributed by atoms with Crippen molar-refractivity contribution in [3.05, 3.63) is 102 Å². The van der Waals surface area contributed by atoms with Crippen molar-refractivity contribution in [3.63, 3.8) is 0 Å². The summed E-state index contributed by atoms with van der Waals surface area (Å²) in [5, 5.41) is 9.84. The molecule has 0 amide bonds. The minimum absolute atomic E-state index is 0.236. The first-order valence-electron chi connectivity index (χ1n) is 12.6. The summed E-state index contributed by atoms with van der Waals surface area (Å²) in [6.45, 7) is 8.57. The average molecular weight is 540 g/mol. The topological polar surface area (TPSA) is 56.2 Å². The van der Waals surface area contributed by atoms with Crippen LogP contribution in [-0.2, 0) is 11.0 Å². The number of carboxylic acid groups (broad SMARTS) is 1. The van der Waals surface area contributed by atoms with Gasteiger partial charge in [0.1, 0.15) is 11.6 Å². The maximum Gasteiger partial charge on any atom is 0.416 e.